The summed E-state index contributed by atoms with van der Waals surface area (Å²) >= 11 is 0. The molecule has 1 fully saturated rings. The third kappa shape index (κ3) is 5.45. The van der Waals surface area contributed by atoms with E-state index in [4.69, 9.17) is 0 Å². The number of carbonyl (C=O) groups is 1. The van der Waals surface area contributed by atoms with Crippen LogP contribution in [0.2, 0.25) is 0 Å². The molecular weight excluding hydrogens is 386 g/mol. The quantitative estimate of drug-likeness (QED) is 0.708. The van der Waals surface area contributed by atoms with Crippen molar-refractivity contribution in [1.82, 2.24) is 10.6 Å². The Labute approximate surface area is 166 Å². The van der Waals surface area contributed by atoms with Crippen molar-refractivity contribution in [2.45, 2.75) is 30.7 Å². The summed E-state index contributed by atoms with van der Waals surface area (Å²) in [5.74, 6) is -0.173. The number of anilines is 1. The van der Waals surface area contributed by atoms with E-state index in [1.54, 1.807) is 24.3 Å². The van der Waals surface area contributed by atoms with E-state index in [0.717, 1.165) is 31.5 Å². The summed E-state index contributed by atoms with van der Waals surface area (Å²) in [5, 5.41) is 6.25. The van der Waals surface area contributed by atoms with Crippen LogP contribution in [0, 0.1) is 6.92 Å². The first-order valence-corrected chi connectivity index (χ1v) is 10.1. The van der Waals surface area contributed by atoms with Gasteiger partial charge in [0.2, 0.25) is 0 Å². The molecule has 2 aromatic rings. The third-order valence-electron chi connectivity index (χ3n) is 4.49. The van der Waals surface area contributed by atoms with E-state index in [1.807, 2.05) is 19.1 Å². The van der Waals surface area contributed by atoms with Crippen LogP contribution in [0.4, 0.5) is 5.69 Å². The molecule has 0 aromatic heterocycles. The van der Waals surface area contributed by atoms with Gasteiger partial charge in [0.15, 0.2) is 0 Å². The second-order valence-corrected chi connectivity index (χ2v) is 8.12. The highest BCUT2D eigenvalue weighted by molar-refractivity contribution is 7.92. The summed E-state index contributed by atoms with van der Waals surface area (Å²) in [6.07, 6.45) is 1.80. The smallest absolute Gasteiger partial charge is 0.261 e. The maximum atomic E-state index is 12.5. The first kappa shape index (κ1) is 21.2. The molecule has 0 bridgehead atoms. The number of rotatable bonds is 5. The molecule has 0 saturated carbocycles. The Morgan fingerprint density at radius 3 is 2.30 bits per heavy atom. The van der Waals surface area contributed by atoms with Gasteiger partial charge < -0.3 is 10.6 Å². The zero-order valence-corrected chi connectivity index (χ0v) is 16.7. The highest BCUT2D eigenvalue weighted by Gasteiger charge is 2.18. The van der Waals surface area contributed by atoms with E-state index in [9.17, 15) is 13.2 Å². The SMILES string of the molecule is Cc1ccccc1NS(=O)(=O)c1ccc(C(=O)NC2CCNCC2)cc1.Cl. The molecular formula is C19H24ClN3O3S. The first-order chi connectivity index (χ1) is 12.5. The van der Waals surface area contributed by atoms with Gasteiger partial charge in [0.25, 0.3) is 15.9 Å². The minimum Gasteiger partial charge on any atom is -0.349 e. The van der Waals surface area contributed by atoms with E-state index in [1.165, 1.54) is 12.1 Å². The highest BCUT2D eigenvalue weighted by Crippen LogP contribution is 2.19. The molecule has 1 aliphatic rings. The summed E-state index contributed by atoms with van der Waals surface area (Å²) in [5.41, 5.74) is 1.84. The number of carbonyl (C=O) groups excluding carboxylic acids is 1. The van der Waals surface area contributed by atoms with Crippen molar-refractivity contribution in [1.29, 1.82) is 0 Å². The molecule has 27 heavy (non-hydrogen) atoms. The largest absolute Gasteiger partial charge is 0.349 e. The van der Waals surface area contributed by atoms with Crippen molar-refractivity contribution in [2.75, 3.05) is 17.8 Å². The number of piperidine rings is 1. The van der Waals surface area contributed by atoms with Crippen molar-refractivity contribution in [3.05, 3.63) is 59.7 Å². The average molecular weight is 410 g/mol. The Morgan fingerprint density at radius 2 is 1.67 bits per heavy atom. The molecule has 1 heterocycles. The van der Waals surface area contributed by atoms with E-state index in [2.05, 4.69) is 15.4 Å². The molecule has 0 atom stereocenters. The lowest BCUT2D eigenvalue weighted by Crippen LogP contribution is -2.42. The number of hydrogen-bond donors (Lipinski definition) is 3. The standard InChI is InChI=1S/C19H23N3O3S.ClH/c1-14-4-2-3-5-18(14)22-26(24,25)17-8-6-15(7-9-17)19(23)21-16-10-12-20-13-11-16;/h2-9,16,20,22H,10-13H2,1H3,(H,21,23);1H. The van der Waals surface area contributed by atoms with Gasteiger partial charge in [-0.15, -0.1) is 12.4 Å². The predicted octanol–water partition coefficient (Wildman–Crippen LogP) is 2.70. The number of amides is 1. The minimum atomic E-state index is -3.70. The minimum absolute atomic E-state index is 0. The molecule has 3 N–H and O–H groups in total. The van der Waals surface area contributed by atoms with Crippen LogP contribution in [-0.2, 0) is 10.0 Å². The maximum Gasteiger partial charge on any atom is 0.261 e. The molecule has 3 rings (SSSR count). The third-order valence-corrected chi connectivity index (χ3v) is 5.87. The van der Waals surface area contributed by atoms with Crippen LogP contribution in [0.3, 0.4) is 0 Å². The molecule has 0 spiro atoms. The van der Waals surface area contributed by atoms with E-state index >= 15 is 0 Å². The van der Waals surface area contributed by atoms with Crippen LogP contribution in [0.15, 0.2) is 53.4 Å². The van der Waals surface area contributed by atoms with Gasteiger partial charge in [-0.1, -0.05) is 18.2 Å². The topological polar surface area (TPSA) is 87.3 Å². The maximum absolute atomic E-state index is 12.5. The Kier molecular flexibility index (Phi) is 7.24. The summed E-state index contributed by atoms with van der Waals surface area (Å²) in [6, 6.07) is 13.3. The number of sulfonamides is 1. The fraction of sp³-hybridized carbons (Fsp3) is 0.316. The molecule has 1 aliphatic heterocycles. The van der Waals surface area contributed by atoms with Gasteiger partial charge >= 0.3 is 0 Å². The van der Waals surface area contributed by atoms with Crippen molar-refractivity contribution >= 4 is 34.0 Å². The van der Waals surface area contributed by atoms with Crippen LogP contribution < -0.4 is 15.4 Å². The normalized spacial score (nSPS) is 14.9. The molecule has 1 amide bonds. The molecule has 2 aromatic carbocycles. The van der Waals surface area contributed by atoms with Gasteiger partial charge in [-0.25, -0.2) is 8.42 Å². The van der Waals surface area contributed by atoms with Crippen molar-refractivity contribution in [3.63, 3.8) is 0 Å². The van der Waals surface area contributed by atoms with Gasteiger partial charge in [-0.05, 0) is 68.8 Å². The van der Waals surface area contributed by atoms with E-state index in [0.29, 0.717) is 11.3 Å². The molecule has 0 radical (unpaired) electrons. The number of para-hydroxylation sites is 1. The number of aryl methyl sites for hydroxylation is 1. The van der Waals surface area contributed by atoms with Gasteiger partial charge in [0.05, 0.1) is 10.6 Å². The molecule has 0 aliphatic carbocycles. The number of halogens is 1. The van der Waals surface area contributed by atoms with Crippen LogP contribution in [0.25, 0.3) is 0 Å². The second kappa shape index (κ2) is 9.21. The van der Waals surface area contributed by atoms with Crippen molar-refractivity contribution in [3.8, 4) is 0 Å². The highest BCUT2D eigenvalue weighted by atomic mass is 35.5. The van der Waals surface area contributed by atoms with Crippen LogP contribution in [0.1, 0.15) is 28.8 Å². The Bertz CT molecular complexity index is 879. The predicted molar refractivity (Wildman–Crippen MR) is 109 cm³/mol. The molecule has 8 heteroatoms. The Morgan fingerprint density at radius 1 is 1.04 bits per heavy atom. The molecule has 146 valence electrons. The number of benzene rings is 2. The fourth-order valence-corrected chi connectivity index (χ4v) is 4.04. The van der Waals surface area contributed by atoms with Gasteiger partial charge in [-0.3, -0.25) is 9.52 Å². The van der Waals surface area contributed by atoms with E-state index < -0.39 is 10.0 Å². The molecule has 1 saturated heterocycles. The summed E-state index contributed by atoms with van der Waals surface area (Å²) < 4.78 is 27.6. The van der Waals surface area contributed by atoms with Crippen LogP contribution >= 0.6 is 12.4 Å². The average Bonchev–Trinajstić information content (AvgIpc) is 2.64. The molecule has 6 nitrogen and oxygen atoms in total. The van der Waals surface area contributed by atoms with Crippen molar-refractivity contribution < 1.29 is 13.2 Å². The summed E-state index contributed by atoms with van der Waals surface area (Å²) in [6.45, 7) is 3.63. The van der Waals surface area contributed by atoms with Gasteiger partial charge in [-0.2, -0.15) is 0 Å². The molecule has 0 unspecified atom stereocenters. The monoisotopic (exact) mass is 409 g/mol. The lowest BCUT2D eigenvalue weighted by atomic mass is 10.1. The van der Waals surface area contributed by atoms with Crippen molar-refractivity contribution in [2.24, 2.45) is 0 Å². The zero-order chi connectivity index (χ0) is 18.6. The lowest BCUT2D eigenvalue weighted by molar-refractivity contribution is 0.0929. The second-order valence-electron chi connectivity index (χ2n) is 6.44. The number of nitrogens with one attached hydrogen (secondary N) is 3. The zero-order valence-electron chi connectivity index (χ0n) is 15.1. The fourth-order valence-electron chi connectivity index (χ4n) is 2.91. The van der Waals surface area contributed by atoms with Gasteiger partial charge in [0.1, 0.15) is 0 Å². The van der Waals surface area contributed by atoms with E-state index in [-0.39, 0.29) is 29.3 Å². The Balaban J connectivity index is 0.00000261. The van der Waals surface area contributed by atoms with Crippen LogP contribution in [-0.4, -0.2) is 33.5 Å². The lowest BCUT2D eigenvalue weighted by Gasteiger charge is -2.23. The Hall–Kier alpha value is -2.09. The summed E-state index contributed by atoms with van der Waals surface area (Å²) in [4.78, 5) is 12.4. The van der Waals surface area contributed by atoms with Gasteiger partial charge in [0, 0.05) is 11.6 Å². The number of hydrogen-bond acceptors (Lipinski definition) is 4. The first-order valence-electron chi connectivity index (χ1n) is 8.66. The van der Waals surface area contributed by atoms with Crippen LogP contribution in [0.5, 0.6) is 0 Å². The summed E-state index contributed by atoms with van der Waals surface area (Å²) in [7, 11) is -3.70.